The summed E-state index contributed by atoms with van der Waals surface area (Å²) in [6, 6.07) is 0. The maximum atomic E-state index is 10.8. The van der Waals surface area contributed by atoms with Crippen LogP contribution in [0.3, 0.4) is 0 Å². The summed E-state index contributed by atoms with van der Waals surface area (Å²) in [4.78, 5) is 10.8. The predicted molar refractivity (Wildman–Crippen MR) is 77.9 cm³/mol. The number of hydrogen-bond acceptors (Lipinski definition) is 1. The Kier molecular flexibility index (Phi) is 3.63. The molecule has 1 unspecified atom stereocenters. The third-order valence-corrected chi connectivity index (χ3v) is 5.61. The van der Waals surface area contributed by atoms with Crippen LogP contribution in [-0.4, -0.2) is 11.1 Å². The number of carboxylic acid groups (broad SMARTS) is 1. The third kappa shape index (κ3) is 2.50. The fourth-order valence-electron chi connectivity index (χ4n) is 4.74. The van der Waals surface area contributed by atoms with Gasteiger partial charge in [-0.25, -0.2) is 4.79 Å². The standard InChI is InChI=1S/C17H26O2/c1-12-6-8-14-16(2,3)10-5-11-17(14,4)13(12)7-9-15(18)19/h7,9,13-14H,1,5-6,8,10-11H2,2-4H3,(H,18,19)/t13-,14?,17+/m0/s1. The van der Waals surface area contributed by atoms with E-state index < -0.39 is 5.97 Å². The van der Waals surface area contributed by atoms with Gasteiger partial charge >= 0.3 is 5.97 Å². The van der Waals surface area contributed by atoms with Crippen molar-refractivity contribution in [1.29, 1.82) is 0 Å². The summed E-state index contributed by atoms with van der Waals surface area (Å²) < 4.78 is 0. The minimum Gasteiger partial charge on any atom is -0.478 e. The zero-order valence-electron chi connectivity index (χ0n) is 12.4. The molecular weight excluding hydrogens is 236 g/mol. The van der Waals surface area contributed by atoms with Crippen LogP contribution in [0, 0.1) is 22.7 Å². The topological polar surface area (TPSA) is 37.3 Å². The molecule has 2 rings (SSSR count). The van der Waals surface area contributed by atoms with Crippen molar-refractivity contribution >= 4 is 5.97 Å². The predicted octanol–water partition coefficient (Wildman–Crippen LogP) is 4.43. The molecule has 0 aromatic rings. The van der Waals surface area contributed by atoms with Gasteiger partial charge in [0.25, 0.3) is 0 Å². The van der Waals surface area contributed by atoms with Crippen LogP contribution in [0.1, 0.15) is 52.9 Å². The molecule has 0 radical (unpaired) electrons. The molecule has 0 heterocycles. The average Bonchev–Trinajstić information content (AvgIpc) is 2.26. The Hall–Kier alpha value is -1.05. The molecule has 2 aliphatic carbocycles. The van der Waals surface area contributed by atoms with Gasteiger partial charge in [-0.15, -0.1) is 0 Å². The Bertz CT molecular complexity index is 419. The molecule has 1 N–H and O–H groups in total. The second kappa shape index (κ2) is 4.81. The highest BCUT2D eigenvalue weighted by atomic mass is 16.4. The number of carboxylic acids is 1. The Morgan fingerprint density at radius 3 is 2.68 bits per heavy atom. The lowest BCUT2D eigenvalue weighted by atomic mass is 9.47. The minimum atomic E-state index is -0.853. The molecule has 0 aliphatic heterocycles. The van der Waals surface area contributed by atoms with Crippen molar-refractivity contribution in [2.24, 2.45) is 22.7 Å². The van der Waals surface area contributed by atoms with Gasteiger partial charge in [0, 0.05) is 12.0 Å². The normalized spacial score (nSPS) is 38.2. The number of fused-ring (bicyclic) bond motifs is 1. The molecule has 2 nitrogen and oxygen atoms in total. The van der Waals surface area contributed by atoms with Gasteiger partial charge in [-0.1, -0.05) is 45.4 Å². The summed E-state index contributed by atoms with van der Waals surface area (Å²) in [5.74, 6) is 0.0400. The number of allylic oxidation sites excluding steroid dienone is 2. The van der Waals surface area contributed by atoms with Crippen molar-refractivity contribution in [3.8, 4) is 0 Å². The van der Waals surface area contributed by atoms with Crippen LogP contribution in [0.25, 0.3) is 0 Å². The zero-order chi connectivity index (χ0) is 14.3. The molecular formula is C17H26O2. The van der Waals surface area contributed by atoms with E-state index in [-0.39, 0.29) is 11.3 Å². The van der Waals surface area contributed by atoms with E-state index in [9.17, 15) is 4.79 Å². The molecule has 2 saturated carbocycles. The molecule has 0 aromatic carbocycles. The maximum absolute atomic E-state index is 10.8. The number of rotatable bonds is 2. The summed E-state index contributed by atoms with van der Waals surface area (Å²) >= 11 is 0. The summed E-state index contributed by atoms with van der Waals surface area (Å²) in [5, 5.41) is 8.90. The van der Waals surface area contributed by atoms with Crippen LogP contribution in [0.4, 0.5) is 0 Å². The molecule has 3 atom stereocenters. The molecule has 2 fully saturated rings. The second-order valence-electron chi connectivity index (χ2n) is 7.27. The van der Waals surface area contributed by atoms with Gasteiger partial charge in [-0.05, 0) is 42.4 Å². The van der Waals surface area contributed by atoms with E-state index in [4.69, 9.17) is 5.11 Å². The zero-order valence-corrected chi connectivity index (χ0v) is 12.4. The Morgan fingerprint density at radius 1 is 1.37 bits per heavy atom. The molecule has 2 aliphatic rings. The van der Waals surface area contributed by atoms with E-state index in [1.54, 1.807) is 0 Å². The fourth-order valence-corrected chi connectivity index (χ4v) is 4.74. The largest absolute Gasteiger partial charge is 0.478 e. The van der Waals surface area contributed by atoms with Crippen LogP contribution in [0.15, 0.2) is 24.3 Å². The van der Waals surface area contributed by atoms with Crippen molar-refractivity contribution in [2.45, 2.75) is 52.9 Å². The Morgan fingerprint density at radius 2 is 2.05 bits per heavy atom. The molecule has 19 heavy (non-hydrogen) atoms. The van der Waals surface area contributed by atoms with E-state index >= 15 is 0 Å². The third-order valence-electron chi connectivity index (χ3n) is 5.61. The van der Waals surface area contributed by atoms with Crippen LogP contribution in [0.5, 0.6) is 0 Å². The van der Waals surface area contributed by atoms with Gasteiger partial charge in [0.15, 0.2) is 0 Å². The van der Waals surface area contributed by atoms with E-state index in [0.29, 0.717) is 11.3 Å². The molecule has 106 valence electrons. The first-order valence-electron chi connectivity index (χ1n) is 7.36. The summed E-state index contributed by atoms with van der Waals surface area (Å²) in [6.07, 6.45) is 9.16. The van der Waals surface area contributed by atoms with E-state index in [1.807, 2.05) is 6.08 Å². The number of hydrogen-bond donors (Lipinski definition) is 1. The van der Waals surface area contributed by atoms with Gasteiger partial charge in [0.1, 0.15) is 0 Å². The molecule has 2 heteroatoms. The highest BCUT2D eigenvalue weighted by molar-refractivity contribution is 5.79. The van der Waals surface area contributed by atoms with Crippen molar-refractivity contribution < 1.29 is 9.90 Å². The lowest BCUT2D eigenvalue weighted by Crippen LogP contribution is -2.48. The van der Waals surface area contributed by atoms with E-state index in [2.05, 4.69) is 27.4 Å². The van der Waals surface area contributed by atoms with Crippen molar-refractivity contribution in [2.75, 3.05) is 0 Å². The van der Waals surface area contributed by atoms with Crippen LogP contribution >= 0.6 is 0 Å². The van der Waals surface area contributed by atoms with Crippen LogP contribution < -0.4 is 0 Å². The smallest absolute Gasteiger partial charge is 0.327 e. The Labute approximate surface area is 116 Å². The van der Waals surface area contributed by atoms with Crippen LogP contribution in [0.2, 0.25) is 0 Å². The first kappa shape index (κ1) is 14.4. The first-order valence-corrected chi connectivity index (χ1v) is 7.36. The van der Waals surface area contributed by atoms with E-state index in [1.165, 1.54) is 37.3 Å². The monoisotopic (exact) mass is 262 g/mol. The van der Waals surface area contributed by atoms with Gasteiger partial charge in [-0.2, -0.15) is 0 Å². The Balaban J connectivity index is 2.35. The summed E-state index contributed by atoms with van der Waals surface area (Å²) in [7, 11) is 0. The number of aliphatic carboxylic acids is 1. The first-order chi connectivity index (χ1) is 8.77. The maximum Gasteiger partial charge on any atom is 0.327 e. The number of carbonyl (C=O) groups is 1. The highest BCUT2D eigenvalue weighted by Gasteiger charge is 2.52. The molecule has 0 spiro atoms. The fraction of sp³-hybridized carbons (Fsp3) is 0.706. The molecule has 0 aromatic heterocycles. The van der Waals surface area contributed by atoms with Crippen LogP contribution in [-0.2, 0) is 4.79 Å². The average molecular weight is 262 g/mol. The van der Waals surface area contributed by atoms with E-state index in [0.717, 1.165) is 6.42 Å². The highest BCUT2D eigenvalue weighted by Crippen LogP contribution is 2.61. The van der Waals surface area contributed by atoms with Gasteiger partial charge in [-0.3, -0.25) is 0 Å². The van der Waals surface area contributed by atoms with Crippen molar-refractivity contribution in [3.05, 3.63) is 24.3 Å². The molecule has 0 amide bonds. The van der Waals surface area contributed by atoms with Crippen molar-refractivity contribution in [3.63, 3.8) is 0 Å². The lowest BCUT2D eigenvalue weighted by molar-refractivity contribution is -0.131. The second-order valence-corrected chi connectivity index (χ2v) is 7.27. The van der Waals surface area contributed by atoms with Gasteiger partial charge < -0.3 is 5.11 Å². The van der Waals surface area contributed by atoms with Crippen molar-refractivity contribution in [1.82, 2.24) is 0 Å². The summed E-state index contributed by atoms with van der Waals surface area (Å²) in [5.41, 5.74) is 1.76. The lowest BCUT2D eigenvalue weighted by Gasteiger charge is -2.57. The van der Waals surface area contributed by atoms with Gasteiger partial charge in [0.05, 0.1) is 0 Å². The molecule has 0 bridgehead atoms. The molecule has 0 saturated heterocycles. The quantitative estimate of drug-likeness (QED) is 0.590. The SMILES string of the molecule is C=C1CCC2C(C)(C)CCC[C@]2(C)[C@H]1C=CC(=O)O. The van der Waals surface area contributed by atoms with Gasteiger partial charge in [0.2, 0.25) is 0 Å². The summed E-state index contributed by atoms with van der Waals surface area (Å²) in [6.45, 7) is 11.3. The minimum absolute atomic E-state index is 0.184.